The van der Waals surface area contributed by atoms with Crippen LogP contribution in [0, 0.1) is 5.92 Å². The van der Waals surface area contributed by atoms with E-state index in [1.807, 2.05) is 6.92 Å². The maximum absolute atomic E-state index is 13.8. The predicted octanol–water partition coefficient (Wildman–Crippen LogP) is 2.42. The van der Waals surface area contributed by atoms with Gasteiger partial charge in [0.05, 0.1) is 31.2 Å². The summed E-state index contributed by atoms with van der Waals surface area (Å²) in [5.41, 5.74) is 2.64. The summed E-state index contributed by atoms with van der Waals surface area (Å²) in [5.74, 6) is 1.61. The summed E-state index contributed by atoms with van der Waals surface area (Å²) in [5, 5.41) is 3.08. The quantitative estimate of drug-likeness (QED) is 0.291. The standard InChI is InChI=1S/C26H29N9O4S/c1-14(15-4-5-15)35-24-19(12-30-22(34-24)20-21(16-6-7-16)31-13-32-25(20)39-3)33-23(26(35)36)29-10-17-8-9-18(11-28-17)40(37,38)27-2/h8-9,11-16,27H,4-7,10H2,1-3H3,(H,29,33)/t14-/m0/s1. The fourth-order valence-electron chi connectivity index (χ4n) is 4.78. The highest BCUT2D eigenvalue weighted by molar-refractivity contribution is 7.89. The number of hydrogen-bond acceptors (Lipinski definition) is 11. The molecule has 0 aromatic carbocycles. The molecule has 4 aromatic heterocycles. The normalized spacial score (nSPS) is 16.2. The number of fused-ring (bicyclic) bond motifs is 1. The number of pyridine rings is 1. The third-order valence-electron chi connectivity index (χ3n) is 7.38. The Morgan fingerprint density at radius 2 is 1.88 bits per heavy atom. The largest absolute Gasteiger partial charge is 0.480 e. The molecular formula is C26H29N9O4S. The van der Waals surface area contributed by atoms with E-state index in [1.165, 1.54) is 25.6 Å². The molecule has 4 heterocycles. The van der Waals surface area contributed by atoms with Crippen LogP contribution in [0.4, 0.5) is 5.82 Å². The van der Waals surface area contributed by atoms with Gasteiger partial charge in [-0.3, -0.25) is 14.3 Å². The zero-order chi connectivity index (χ0) is 28.0. The summed E-state index contributed by atoms with van der Waals surface area (Å²) in [6.45, 7) is 2.20. The fourth-order valence-corrected chi connectivity index (χ4v) is 5.46. The first-order chi connectivity index (χ1) is 19.3. The first-order valence-corrected chi connectivity index (χ1v) is 14.6. The van der Waals surface area contributed by atoms with Crippen molar-refractivity contribution in [1.82, 2.24) is 39.2 Å². The molecule has 13 nitrogen and oxygen atoms in total. The van der Waals surface area contributed by atoms with Crippen molar-refractivity contribution in [3.05, 3.63) is 52.6 Å². The molecule has 0 spiro atoms. The molecule has 2 aliphatic rings. The summed E-state index contributed by atoms with van der Waals surface area (Å²) in [7, 11) is -0.699. The minimum absolute atomic E-state index is 0.0569. The van der Waals surface area contributed by atoms with Gasteiger partial charge in [-0.25, -0.2) is 38.1 Å². The van der Waals surface area contributed by atoms with Crippen LogP contribution >= 0.6 is 0 Å². The van der Waals surface area contributed by atoms with Crippen LogP contribution in [0.5, 0.6) is 5.88 Å². The van der Waals surface area contributed by atoms with Gasteiger partial charge in [0.25, 0.3) is 5.56 Å². The van der Waals surface area contributed by atoms with E-state index >= 15 is 0 Å². The summed E-state index contributed by atoms with van der Waals surface area (Å²) < 4.78 is 33.4. The van der Waals surface area contributed by atoms with E-state index in [4.69, 9.17) is 9.72 Å². The van der Waals surface area contributed by atoms with E-state index in [9.17, 15) is 13.2 Å². The first-order valence-electron chi connectivity index (χ1n) is 13.1. The van der Waals surface area contributed by atoms with Gasteiger partial charge in [-0.1, -0.05) is 0 Å². The molecule has 0 saturated heterocycles. The lowest BCUT2D eigenvalue weighted by atomic mass is 10.1. The van der Waals surface area contributed by atoms with Crippen molar-refractivity contribution in [2.24, 2.45) is 5.92 Å². The Kier molecular flexibility index (Phi) is 6.66. The summed E-state index contributed by atoms with van der Waals surface area (Å²) in [6.07, 6.45) is 8.51. The summed E-state index contributed by atoms with van der Waals surface area (Å²) >= 11 is 0. The summed E-state index contributed by atoms with van der Waals surface area (Å²) in [6, 6.07) is 2.96. The highest BCUT2D eigenvalue weighted by atomic mass is 32.2. The van der Waals surface area contributed by atoms with E-state index in [-0.39, 0.29) is 28.9 Å². The van der Waals surface area contributed by atoms with Gasteiger partial charge >= 0.3 is 0 Å². The third kappa shape index (κ3) is 4.88. The number of aromatic nitrogens is 7. The molecule has 2 fully saturated rings. The van der Waals surface area contributed by atoms with Gasteiger partial charge in [0.1, 0.15) is 22.3 Å². The van der Waals surface area contributed by atoms with Gasteiger partial charge in [-0.15, -0.1) is 0 Å². The molecule has 2 saturated carbocycles. The van der Waals surface area contributed by atoms with Gasteiger partial charge in [0, 0.05) is 18.2 Å². The van der Waals surface area contributed by atoms with Gasteiger partial charge in [-0.05, 0) is 57.7 Å². The van der Waals surface area contributed by atoms with E-state index in [0.717, 1.165) is 31.4 Å². The minimum Gasteiger partial charge on any atom is -0.480 e. The number of sulfonamides is 1. The molecule has 14 heteroatoms. The maximum Gasteiger partial charge on any atom is 0.295 e. The fraction of sp³-hybridized carbons (Fsp3) is 0.423. The highest BCUT2D eigenvalue weighted by Crippen LogP contribution is 2.45. The number of anilines is 1. The van der Waals surface area contributed by atoms with Crippen molar-refractivity contribution in [3.63, 3.8) is 0 Å². The minimum atomic E-state index is -3.59. The number of ether oxygens (including phenoxy) is 1. The number of methoxy groups -OCH3 is 1. The zero-order valence-electron chi connectivity index (χ0n) is 22.3. The highest BCUT2D eigenvalue weighted by Gasteiger charge is 2.34. The lowest BCUT2D eigenvalue weighted by Crippen LogP contribution is -2.29. The Hall–Kier alpha value is -4.04. The molecule has 0 aliphatic heterocycles. The van der Waals surface area contributed by atoms with Crippen LogP contribution in [0.25, 0.3) is 22.6 Å². The van der Waals surface area contributed by atoms with Crippen LogP contribution < -0.4 is 20.3 Å². The second-order valence-electron chi connectivity index (χ2n) is 10.1. The Balaban J connectivity index is 1.39. The van der Waals surface area contributed by atoms with Crippen LogP contribution in [0.1, 0.15) is 56.0 Å². The van der Waals surface area contributed by atoms with E-state index in [0.29, 0.717) is 46.0 Å². The van der Waals surface area contributed by atoms with Crippen molar-refractivity contribution in [3.8, 4) is 17.3 Å². The van der Waals surface area contributed by atoms with Gasteiger partial charge in [0.2, 0.25) is 15.9 Å². The van der Waals surface area contributed by atoms with Crippen LogP contribution in [0.3, 0.4) is 0 Å². The molecule has 1 atom stereocenters. The van der Waals surface area contributed by atoms with Gasteiger partial charge in [-0.2, -0.15) is 0 Å². The van der Waals surface area contributed by atoms with E-state index < -0.39 is 10.0 Å². The van der Waals surface area contributed by atoms with Crippen LogP contribution in [0.15, 0.2) is 40.5 Å². The summed E-state index contributed by atoms with van der Waals surface area (Å²) in [4.78, 5) is 40.8. The van der Waals surface area contributed by atoms with Crippen molar-refractivity contribution in [2.45, 2.75) is 56.0 Å². The molecule has 2 N–H and O–H groups in total. The second-order valence-corrected chi connectivity index (χ2v) is 12.0. The molecule has 0 amide bonds. The van der Waals surface area contributed by atoms with E-state index in [1.54, 1.807) is 23.9 Å². The first kappa shape index (κ1) is 26.2. The molecule has 0 radical (unpaired) electrons. The Bertz CT molecular complexity index is 1750. The number of nitrogens with one attached hydrogen (secondary N) is 2. The van der Waals surface area contributed by atoms with Crippen LogP contribution in [-0.4, -0.2) is 57.0 Å². The van der Waals surface area contributed by atoms with Crippen LogP contribution in [0.2, 0.25) is 0 Å². The van der Waals surface area contributed by atoms with E-state index in [2.05, 4.69) is 35.0 Å². The van der Waals surface area contributed by atoms with Crippen molar-refractivity contribution < 1.29 is 13.2 Å². The molecule has 2 aliphatic carbocycles. The van der Waals surface area contributed by atoms with Crippen molar-refractivity contribution >= 4 is 27.0 Å². The molecule has 208 valence electrons. The maximum atomic E-state index is 13.8. The second kappa shape index (κ2) is 10.2. The van der Waals surface area contributed by atoms with Crippen molar-refractivity contribution in [2.75, 3.05) is 19.5 Å². The SMILES string of the molecule is CNS(=O)(=O)c1ccc(CNc2nc3cnc(-c4c(OC)ncnc4C4CC4)nc3n([C@@H](C)C3CC3)c2=O)nc1. The Morgan fingerprint density at radius 1 is 1.07 bits per heavy atom. The molecule has 4 aromatic rings. The smallest absolute Gasteiger partial charge is 0.295 e. The molecule has 0 bridgehead atoms. The van der Waals surface area contributed by atoms with Crippen molar-refractivity contribution in [1.29, 1.82) is 0 Å². The average Bonchev–Trinajstić information content (AvgIpc) is 3.89. The molecule has 40 heavy (non-hydrogen) atoms. The molecule has 0 unspecified atom stereocenters. The lowest BCUT2D eigenvalue weighted by molar-refractivity contribution is 0.397. The van der Waals surface area contributed by atoms with Gasteiger partial charge < -0.3 is 10.1 Å². The zero-order valence-corrected chi connectivity index (χ0v) is 23.1. The molecule has 6 rings (SSSR count). The average molecular weight is 564 g/mol. The number of hydrogen-bond donors (Lipinski definition) is 2. The topological polar surface area (TPSA) is 167 Å². The Labute approximate surface area is 230 Å². The molecular weight excluding hydrogens is 534 g/mol. The van der Waals surface area contributed by atoms with Gasteiger partial charge in [0.15, 0.2) is 17.3 Å². The lowest BCUT2D eigenvalue weighted by Gasteiger charge is -2.19. The third-order valence-corrected chi connectivity index (χ3v) is 8.78. The number of nitrogens with zero attached hydrogens (tertiary/aromatic N) is 7. The monoisotopic (exact) mass is 563 g/mol. The predicted molar refractivity (Wildman–Crippen MR) is 146 cm³/mol. The number of rotatable bonds is 10. The van der Waals surface area contributed by atoms with Crippen LogP contribution in [-0.2, 0) is 16.6 Å². The Morgan fingerprint density at radius 3 is 2.52 bits per heavy atom.